The van der Waals surface area contributed by atoms with Crippen LogP contribution >= 0.6 is 11.8 Å². The molecule has 0 saturated heterocycles. The molecular formula is C22H25N5O2S. The average molecular weight is 424 g/mol. The molecule has 1 atom stereocenters. The van der Waals surface area contributed by atoms with E-state index < -0.39 is 17.2 Å². The van der Waals surface area contributed by atoms with E-state index in [-0.39, 0.29) is 0 Å². The lowest BCUT2D eigenvalue weighted by molar-refractivity contribution is -0.119. The van der Waals surface area contributed by atoms with E-state index in [0.29, 0.717) is 10.8 Å². The van der Waals surface area contributed by atoms with Gasteiger partial charge in [0.2, 0.25) is 5.91 Å². The summed E-state index contributed by atoms with van der Waals surface area (Å²) in [6.07, 6.45) is 0. The first-order valence-corrected chi connectivity index (χ1v) is 10.5. The fraction of sp³-hybridized carbons (Fsp3) is 0.273. The minimum Gasteiger partial charge on any atom is -0.307 e. The maximum absolute atomic E-state index is 12.6. The highest BCUT2D eigenvalue weighted by Gasteiger charge is 2.22. The highest BCUT2D eigenvalue weighted by Crippen LogP contribution is 2.27. The lowest BCUT2D eigenvalue weighted by atomic mass is 10.1. The van der Waals surface area contributed by atoms with E-state index in [0.717, 1.165) is 28.2 Å². The van der Waals surface area contributed by atoms with Crippen molar-refractivity contribution in [3.63, 3.8) is 0 Å². The summed E-state index contributed by atoms with van der Waals surface area (Å²) < 4.78 is 1.92. The van der Waals surface area contributed by atoms with Gasteiger partial charge in [0.05, 0.1) is 10.9 Å². The smallest absolute Gasteiger partial charge is 0.307 e. The molecule has 3 rings (SSSR count). The average Bonchev–Trinajstić information content (AvgIpc) is 3.04. The number of hydrogen-bond donors (Lipinski definition) is 2. The van der Waals surface area contributed by atoms with Crippen molar-refractivity contribution in [2.24, 2.45) is 0 Å². The highest BCUT2D eigenvalue weighted by atomic mass is 32.2. The zero-order valence-corrected chi connectivity index (χ0v) is 18.5. The minimum atomic E-state index is -0.559. The maximum atomic E-state index is 12.6. The Hall–Kier alpha value is -3.13. The predicted octanol–water partition coefficient (Wildman–Crippen LogP) is 4.33. The van der Waals surface area contributed by atoms with Crippen molar-refractivity contribution in [2.75, 3.05) is 5.32 Å². The molecule has 2 aromatic carbocycles. The van der Waals surface area contributed by atoms with Gasteiger partial charge in [-0.25, -0.2) is 4.79 Å². The maximum Gasteiger partial charge on any atom is 0.325 e. The van der Waals surface area contributed by atoms with Crippen LogP contribution in [0.4, 0.5) is 10.5 Å². The normalized spacial score (nSPS) is 11.8. The molecule has 0 aliphatic carbocycles. The summed E-state index contributed by atoms with van der Waals surface area (Å²) in [6, 6.07) is 13.0. The second-order valence-corrected chi connectivity index (χ2v) is 8.48. The van der Waals surface area contributed by atoms with Gasteiger partial charge in [-0.3, -0.25) is 14.7 Å². The number of urea groups is 1. The van der Waals surface area contributed by atoms with Gasteiger partial charge >= 0.3 is 6.03 Å². The van der Waals surface area contributed by atoms with Crippen molar-refractivity contribution in [3.8, 4) is 5.69 Å². The number of aryl methyl sites for hydroxylation is 4. The van der Waals surface area contributed by atoms with Gasteiger partial charge in [-0.1, -0.05) is 47.7 Å². The molecule has 2 N–H and O–H groups in total. The number of carbonyl (C=O) groups excluding carboxylic acids is 2. The van der Waals surface area contributed by atoms with Gasteiger partial charge < -0.3 is 5.32 Å². The van der Waals surface area contributed by atoms with Crippen molar-refractivity contribution in [1.82, 2.24) is 20.1 Å². The van der Waals surface area contributed by atoms with E-state index in [2.05, 4.69) is 20.8 Å². The highest BCUT2D eigenvalue weighted by molar-refractivity contribution is 8.00. The standard InChI is InChI=1S/C22H25N5O2S/c1-13-10-11-18(15(3)12-13)23-21(29)24-20(28)16(4)30-22-26-25-17(5)27(22)19-9-7-6-8-14(19)2/h6-12,16H,1-5H3,(H2,23,24,28,29). The number of nitrogens with one attached hydrogen (secondary N) is 2. The van der Waals surface area contributed by atoms with E-state index in [9.17, 15) is 9.59 Å². The fourth-order valence-corrected chi connectivity index (χ4v) is 3.95. The van der Waals surface area contributed by atoms with Gasteiger partial charge in [-0.2, -0.15) is 0 Å². The predicted molar refractivity (Wildman–Crippen MR) is 119 cm³/mol. The summed E-state index contributed by atoms with van der Waals surface area (Å²) in [5.74, 6) is 0.325. The number of benzene rings is 2. The number of amides is 3. The minimum absolute atomic E-state index is 0.403. The van der Waals surface area contributed by atoms with Crippen LogP contribution in [-0.2, 0) is 4.79 Å². The summed E-state index contributed by atoms with van der Waals surface area (Å²) >= 11 is 1.25. The van der Waals surface area contributed by atoms with Crippen LogP contribution in [0, 0.1) is 27.7 Å². The number of rotatable bonds is 5. The summed E-state index contributed by atoms with van der Waals surface area (Å²) in [6.45, 7) is 9.50. The number of nitrogens with zero attached hydrogens (tertiary/aromatic N) is 3. The summed E-state index contributed by atoms with van der Waals surface area (Å²) in [4.78, 5) is 24.8. The monoisotopic (exact) mass is 423 g/mol. The third-order valence-corrected chi connectivity index (χ3v) is 5.71. The molecule has 1 heterocycles. The topological polar surface area (TPSA) is 88.9 Å². The lowest BCUT2D eigenvalue weighted by Gasteiger charge is -2.15. The molecule has 7 nitrogen and oxygen atoms in total. The van der Waals surface area contributed by atoms with Crippen molar-refractivity contribution in [3.05, 3.63) is 65.0 Å². The number of carbonyl (C=O) groups is 2. The first kappa shape index (κ1) is 21.6. The van der Waals surface area contributed by atoms with Crippen LogP contribution in [0.3, 0.4) is 0 Å². The summed E-state index contributed by atoms with van der Waals surface area (Å²) in [5.41, 5.74) is 4.74. The van der Waals surface area contributed by atoms with Gasteiger partial charge in [0.15, 0.2) is 5.16 Å². The van der Waals surface area contributed by atoms with Crippen molar-refractivity contribution in [2.45, 2.75) is 45.0 Å². The second kappa shape index (κ2) is 9.13. The van der Waals surface area contributed by atoms with E-state index >= 15 is 0 Å². The Morgan fingerprint density at radius 2 is 1.73 bits per heavy atom. The molecule has 156 valence electrons. The van der Waals surface area contributed by atoms with Crippen LogP contribution in [0.25, 0.3) is 5.69 Å². The number of imide groups is 1. The SMILES string of the molecule is Cc1ccc(NC(=O)NC(=O)C(C)Sc2nnc(C)n2-c2ccccc2C)c(C)c1. The molecule has 1 aromatic heterocycles. The van der Waals surface area contributed by atoms with Crippen LogP contribution in [0.1, 0.15) is 29.4 Å². The van der Waals surface area contributed by atoms with Crippen LogP contribution in [-0.4, -0.2) is 32.0 Å². The van der Waals surface area contributed by atoms with E-state index in [1.807, 2.05) is 74.7 Å². The molecule has 0 saturated carbocycles. The van der Waals surface area contributed by atoms with Crippen LogP contribution in [0.2, 0.25) is 0 Å². The Labute approximate surface area is 180 Å². The van der Waals surface area contributed by atoms with Gasteiger partial charge in [0.1, 0.15) is 5.82 Å². The second-order valence-electron chi connectivity index (χ2n) is 7.17. The molecule has 0 radical (unpaired) electrons. The molecule has 0 fully saturated rings. The van der Waals surface area contributed by atoms with Gasteiger partial charge in [0, 0.05) is 5.69 Å². The van der Waals surface area contributed by atoms with E-state index in [1.165, 1.54) is 11.8 Å². The first-order valence-electron chi connectivity index (χ1n) is 9.60. The Morgan fingerprint density at radius 1 is 1.00 bits per heavy atom. The molecule has 0 aliphatic rings. The van der Waals surface area contributed by atoms with Gasteiger partial charge in [-0.05, 0) is 57.9 Å². The van der Waals surface area contributed by atoms with Crippen molar-refractivity contribution >= 4 is 29.4 Å². The molecule has 8 heteroatoms. The Bertz CT molecular complexity index is 1090. The summed E-state index contributed by atoms with van der Waals surface area (Å²) in [7, 11) is 0. The fourth-order valence-electron chi connectivity index (χ4n) is 3.04. The third kappa shape index (κ3) is 4.88. The quantitative estimate of drug-likeness (QED) is 0.596. The van der Waals surface area contributed by atoms with Crippen LogP contribution in [0.5, 0.6) is 0 Å². The number of para-hydroxylation sites is 1. The molecule has 3 aromatic rings. The molecule has 3 amide bonds. The van der Waals surface area contributed by atoms with Crippen LogP contribution < -0.4 is 10.6 Å². The van der Waals surface area contributed by atoms with Crippen molar-refractivity contribution in [1.29, 1.82) is 0 Å². The Kier molecular flexibility index (Phi) is 6.56. The summed E-state index contributed by atoms with van der Waals surface area (Å²) in [5, 5.41) is 13.6. The zero-order valence-electron chi connectivity index (χ0n) is 17.7. The lowest BCUT2D eigenvalue weighted by Crippen LogP contribution is -2.39. The largest absolute Gasteiger partial charge is 0.325 e. The van der Waals surface area contributed by atoms with Crippen LogP contribution in [0.15, 0.2) is 47.6 Å². The van der Waals surface area contributed by atoms with Gasteiger partial charge in [-0.15, -0.1) is 10.2 Å². The number of aromatic nitrogens is 3. The molecule has 0 bridgehead atoms. The number of thioether (sulfide) groups is 1. The molecule has 1 unspecified atom stereocenters. The van der Waals surface area contributed by atoms with E-state index in [1.54, 1.807) is 6.92 Å². The molecular weight excluding hydrogens is 398 g/mol. The molecule has 0 spiro atoms. The number of anilines is 1. The molecule has 30 heavy (non-hydrogen) atoms. The number of hydrogen-bond acceptors (Lipinski definition) is 5. The zero-order chi connectivity index (χ0) is 21.8. The Balaban J connectivity index is 1.68. The third-order valence-electron chi connectivity index (χ3n) is 4.67. The first-order chi connectivity index (χ1) is 14.3. The molecule has 0 aliphatic heterocycles. The van der Waals surface area contributed by atoms with E-state index in [4.69, 9.17) is 0 Å². The van der Waals surface area contributed by atoms with Gasteiger partial charge in [0.25, 0.3) is 0 Å². The Morgan fingerprint density at radius 3 is 2.43 bits per heavy atom. The van der Waals surface area contributed by atoms with Crippen molar-refractivity contribution < 1.29 is 9.59 Å².